The van der Waals surface area contributed by atoms with Gasteiger partial charge >= 0.3 is 29.4 Å². The highest BCUT2D eigenvalue weighted by Crippen LogP contribution is 2.66. The summed E-state index contributed by atoms with van der Waals surface area (Å²) in [7, 11) is -17.1. The van der Waals surface area contributed by atoms with Gasteiger partial charge < -0.3 is 39.9 Å². The van der Waals surface area contributed by atoms with Crippen molar-refractivity contribution < 1.29 is 65.8 Å². The van der Waals surface area contributed by atoms with Crippen LogP contribution in [0.15, 0.2) is 42.0 Å². The number of nitrogens with two attached hydrogens (primary N) is 1. The van der Waals surface area contributed by atoms with Crippen molar-refractivity contribution in [3.63, 3.8) is 0 Å². The van der Waals surface area contributed by atoms with Crippen molar-refractivity contribution in [2.24, 2.45) is 5.11 Å². The molecule has 1 aliphatic heterocycles. The molecular formula is C17H19N8O14P3. The van der Waals surface area contributed by atoms with Crippen molar-refractivity contribution in [2.75, 3.05) is 12.3 Å². The molecular weight excluding hydrogens is 633 g/mol. The number of aromatic nitrogens is 4. The summed E-state index contributed by atoms with van der Waals surface area (Å²) < 4.78 is 59.0. The van der Waals surface area contributed by atoms with Gasteiger partial charge in [0.15, 0.2) is 23.8 Å². The minimum atomic E-state index is -5.83. The number of azide groups is 1. The van der Waals surface area contributed by atoms with Crippen molar-refractivity contribution in [1.29, 1.82) is 0 Å². The van der Waals surface area contributed by atoms with Gasteiger partial charge in [-0.25, -0.2) is 33.4 Å². The Bertz CT molecular complexity index is 1670. The number of esters is 1. The molecule has 4 rings (SSSR count). The SMILES string of the molecule is [N-]=[N+]=Nc1ccc(C(=O)O[C@H]2[C@@H](O)[C@H](n3cnc4c(N)ncnc43)O[C@@H]2COP(=O)(O)OP(=O)(O)OP(=O)(O)O)cc1. The zero-order chi connectivity index (χ0) is 30.9. The molecule has 0 amide bonds. The molecule has 226 valence electrons. The van der Waals surface area contributed by atoms with Crippen molar-refractivity contribution in [3.05, 3.63) is 52.9 Å². The summed E-state index contributed by atoms with van der Waals surface area (Å²) in [5, 5.41) is 14.5. The van der Waals surface area contributed by atoms with E-state index in [4.69, 9.17) is 30.5 Å². The fourth-order valence-electron chi connectivity index (χ4n) is 3.66. The van der Waals surface area contributed by atoms with Crippen LogP contribution >= 0.6 is 23.5 Å². The number of fused-ring (bicyclic) bond motifs is 1. The third kappa shape index (κ3) is 7.54. The van der Waals surface area contributed by atoms with Crippen molar-refractivity contribution in [3.8, 4) is 0 Å². The fraction of sp³-hybridized carbons (Fsp3) is 0.294. The summed E-state index contributed by atoms with van der Waals surface area (Å²) in [6, 6.07) is 5.09. The Kier molecular flexibility index (Phi) is 9.12. The van der Waals surface area contributed by atoms with Gasteiger partial charge in [0, 0.05) is 10.6 Å². The summed E-state index contributed by atoms with van der Waals surface area (Å²) in [4.78, 5) is 63.9. The van der Waals surface area contributed by atoms with Gasteiger partial charge in [-0.3, -0.25) is 9.09 Å². The number of benzene rings is 1. The Hall–Kier alpha value is -3.32. The number of carbonyl (C=O) groups excluding carboxylic acids is 1. The van der Waals surface area contributed by atoms with Crippen molar-refractivity contribution >= 4 is 52.1 Å². The largest absolute Gasteiger partial charge is 0.490 e. The second-order valence-electron chi connectivity index (χ2n) is 8.13. The lowest BCUT2D eigenvalue weighted by molar-refractivity contribution is -0.0520. The van der Waals surface area contributed by atoms with Gasteiger partial charge in [-0.2, -0.15) is 8.62 Å². The molecule has 6 atom stereocenters. The van der Waals surface area contributed by atoms with Gasteiger partial charge in [-0.05, 0) is 17.7 Å². The van der Waals surface area contributed by atoms with Crippen LogP contribution in [0.3, 0.4) is 0 Å². The lowest BCUT2D eigenvalue weighted by Gasteiger charge is -2.22. The molecule has 0 aliphatic carbocycles. The molecule has 2 unspecified atom stereocenters. The van der Waals surface area contributed by atoms with E-state index in [0.29, 0.717) is 0 Å². The molecule has 1 aromatic carbocycles. The minimum Gasteiger partial charge on any atom is -0.453 e. The third-order valence-corrected chi connectivity index (χ3v) is 9.10. The first-order chi connectivity index (χ1) is 19.6. The molecule has 42 heavy (non-hydrogen) atoms. The first kappa shape index (κ1) is 31.6. The van der Waals surface area contributed by atoms with Crippen LogP contribution in [0.2, 0.25) is 0 Å². The van der Waals surface area contributed by atoms with Gasteiger partial charge in [0.05, 0.1) is 18.5 Å². The molecule has 22 nitrogen and oxygen atoms in total. The number of aliphatic hydroxyl groups excluding tert-OH is 1. The Morgan fingerprint density at radius 3 is 2.43 bits per heavy atom. The highest BCUT2D eigenvalue weighted by Gasteiger charge is 2.49. The number of hydrogen-bond acceptors (Lipinski definition) is 15. The third-order valence-electron chi connectivity index (χ3n) is 5.29. The maximum Gasteiger partial charge on any atom is 0.490 e. The maximum absolute atomic E-state index is 12.9. The summed E-state index contributed by atoms with van der Waals surface area (Å²) in [5.74, 6) is -1.04. The van der Waals surface area contributed by atoms with Crippen LogP contribution in [0.4, 0.5) is 11.5 Å². The van der Waals surface area contributed by atoms with Crippen LogP contribution in [0.25, 0.3) is 21.6 Å². The number of hydrogen-bond donors (Lipinski definition) is 6. The number of imidazole rings is 1. The molecule has 0 spiro atoms. The molecule has 25 heteroatoms. The van der Waals surface area contributed by atoms with Gasteiger partial charge in [0.1, 0.15) is 24.1 Å². The quantitative estimate of drug-likeness (QED) is 0.0556. The maximum atomic E-state index is 12.9. The van der Waals surface area contributed by atoms with Crippen LogP contribution in [-0.2, 0) is 36.3 Å². The monoisotopic (exact) mass is 652 g/mol. The fourth-order valence-corrected chi connectivity index (χ4v) is 6.69. The van der Waals surface area contributed by atoms with E-state index in [1.807, 2.05) is 0 Å². The van der Waals surface area contributed by atoms with Gasteiger partial charge in [0.25, 0.3) is 0 Å². The molecule has 3 heterocycles. The molecule has 0 radical (unpaired) electrons. The van der Waals surface area contributed by atoms with E-state index in [1.54, 1.807) is 0 Å². The number of aliphatic hydroxyl groups is 1. The number of phosphoric ester groups is 1. The van der Waals surface area contributed by atoms with Crippen molar-refractivity contribution in [2.45, 2.75) is 24.5 Å². The highest BCUT2D eigenvalue weighted by molar-refractivity contribution is 7.66. The summed E-state index contributed by atoms with van der Waals surface area (Å²) in [6.45, 7) is -1.06. The second-order valence-corrected chi connectivity index (χ2v) is 12.6. The topological polar surface area (TPSA) is 334 Å². The van der Waals surface area contributed by atoms with E-state index in [9.17, 15) is 33.4 Å². The predicted octanol–water partition coefficient (Wildman–Crippen LogP) is 1.18. The molecule has 0 bridgehead atoms. The number of rotatable bonds is 11. The second kappa shape index (κ2) is 12.1. The van der Waals surface area contributed by atoms with Gasteiger partial charge in [-0.1, -0.05) is 17.2 Å². The van der Waals surface area contributed by atoms with Crippen LogP contribution < -0.4 is 5.73 Å². The zero-order valence-electron chi connectivity index (χ0n) is 20.4. The summed E-state index contributed by atoms with van der Waals surface area (Å²) in [5.41, 5.74) is 14.6. The van der Waals surface area contributed by atoms with Gasteiger partial charge in [0.2, 0.25) is 0 Å². The van der Waals surface area contributed by atoms with Gasteiger partial charge in [-0.15, -0.1) is 0 Å². The lowest BCUT2D eigenvalue weighted by atomic mass is 10.1. The Balaban J connectivity index is 1.58. The number of nitrogens with zero attached hydrogens (tertiary/aromatic N) is 7. The minimum absolute atomic E-state index is 0.0115. The highest BCUT2D eigenvalue weighted by atomic mass is 31.3. The first-order valence-electron chi connectivity index (χ1n) is 11.0. The Morgan fingerprint density at radius 2 is 1.79 bits per heavy atom. The van der Waals surface area contributed by atoms with E-state index >= 15 is 0 Å². The molecule has 3 aromatic rings. The van der Waals surface area contributed by atoms with E-state index < -0.39 is 60.6 Å². The number of nitrogen functional groups attached to an aromatic ring is 1. The molecule has 7 N–H and O–H groups in total. The van der Waals surface area contributed by atoms with Crippen LogP contribution in [0, 0.1) is 0 Å². The van der Waals surface area contributed by atoms with E-state index in [-0.39, 0.29) is 28.2 Å². The van der Waals surface area contributed by atoms with Crippen LogP contribution in [-0.4, -0.2) is 75.1 Å². The van der Waals surface area contributed by atoms with Crippen molar-refractivity contribution in [1.82, 2.24) is 19.5 Å². The number of ether oxygens (including phenoxy) is 2. The Morgan fingerprint density at radius 1 is 1.10 bits per heavy atom. The zero-order valence-corrected chi connectivity index (χ0v) is 23.1. The van der Waals surface area contributed by atoms with E-state index in [1.165, 1.54) is 35.2 Å². The first-order valence-corrected chi connectivity index (χ1v) is 15.5. The van der Waals surface area contributed by atoms with E-state index in [2.05, 4.69) is 38.1 Å². The van der Waals surface area contributed by atoms with Crippen LogP contribution in [0.1, 0.15) is 16.6 Å². The smallest absolute Gasteiger partial charge is 0.453 e. The predicted molar refractivity (Wildman–Crippen MR) is 134 cm³/mol. The number of carbonyl (C=O) groups is 1. The van der Waals surface area contributed by atoms with E-state index in [0.717, 1.165) is 6.33 Å². The van der Waals surface area contributed by atoms with Crippen LogP contribution in [0.5, 0.6) is 0 Å². The Labute approximate surface area is 232 Å². The molecule has 1 aliphatic rings. The standard InChI is InChI=1S/C17H19N8O14P3/c18-14-11-15(21-6-20-14)25(7-22-11)16-12(26)13(37-17(27)8-1-3-9(4-2-8)23-24-19)10(36-16)5-35-41(31,32)39-42(33,34)38-40(28,29)30/h1-4,6-7,10,12-13,16,26H,5H2,(H,31,32)(H,33,34)(H2,18,20,21)(H2,28,29,30)/t10-,12-,13-,16-/m1/s1. The number of anilines is 1. The molecule has 1 saturated heterocycles. The molecule has 2 aromatic heterocycles. The molecule has 1 fully saturated rings. The normalized spacial score (nSPS) is 23.5. The summed E-state index contributed by atoms with van der Waals surface area (Å²) >= 11 is 0. The average molecular weight is 652 g/mol. The molecule has 0 saturated carbocycles. The summed E-state index contributed by atoms with van der Waals surface area (Å²) in [6.07, 6.45) is -4.12. The average Bonchev–Trinajstić information content (AvgIpc) is 3.43. The lowest BCUT2D eigenvalue weighted by Crippen LogP contribution is -2.38. The number of phosphoric acid groups is 3.